The van der Waals surface area contributed by atoms with Gasteiger partial charge in [0.05, 0.1) is 30.0 Å². The highest BCUT2D eigenvalue weighted by Crippen LogP contribution is 2.42. The van der Waals surface area contributed by atoms with E-state index in [0.717, 1.165) is 0 Å². The van der Waals surface area contributed by atoms with Crippen LogP contribution in [-0.2, 0) is 11.3 Å². The lowest BCUT2D eigenvalue weighted by atomic mass is 10.1. The molecule has 3 aromatic rings. The first-order valence-corrected chi connectivity index (χ1v) is 8.97. The van der Waals surface area contributed by atoms with Crippen LogP contribution in [0.4, 0.5) is 0 Å². The van der Waals surface area contributed by atoms with Crippen LogP contribution in [0.5, 0.6) is 11.5 Å². The van der Waals surface area contributed by atoms with Gasteiger partial charge in [0.25, 0.3) is 0 Å². The van der Waals surface area contributed by atoms with Crippen molar-refractivity contribution in [1.29, 1.82) is 0 Å². The van der Waals surface area contributed by atoms with Gasteiger partial charge in [-0.25, -0.2) is 9.78 Å². The van der Waals surface area contributed by atoms with Gasteiger partial charge in [0, 0.05) is 18.9 Å². The quantitative estimate of drug-likeness (QED) is 0.674. The fraction of sp³-hybridized carbons (Fsp3) is 0.211. The number of carbonyl (C=O) groups excluding carboxylic acids is 1. The molecule has 8 heteroatoms. The highest BCUT2D eigenvalue weighted by atomic mass is 32.2. The minimum atomic E-state index is -0.755. The predicted octanol–water partition coefficient (Wildman–Crippen LogP) is 3.07. The van der Waals surface area contributed by atoms with Crippen molar-refractivity contribution in [3.63, 3.8) is 0 Å². The first-order chi connectivity index (χ1) is 13.0. The van der Waals surface area contributed by atoms with Gasteiger partial charge in [-0.1, -0.05) is 17.8 Å². The number of fused-ring (bicyclic) bond motifs is 1. The lowest BCUT2D eigenvalue weighted by molar-refractivity contribution is 0.0598. The van der Waals surface area contributed by atoms with Crippen LogP contribution in [0.1, 0.15) is 17.3 Å². The summed E-state index contributed by atoms with van der Waals surface area (Å²) in [6.45, 7) is 2.31. The molecule has 1 N–H and O–H groups in total. The summed E-state index contributed by atoms with van der Waals surface area (Å²) in [7, 11) is 2.70. The monoisotopic (exact) mass is 386 g/mol. The molecule has 0 saturated carbocycles. The second kappa shape index (κ2) is 7.71. The largest absolute Gasteiger partial charge is 0.507 e. The van der Waals surface area contributed by atoms with Crippen molar-refractivity contribution < 1.29 is 19.4 Å². The minimum Gasteiger partial charge on any atom is -0.507 e. The van der Waals surface area contributed by atoms with Crippen LogP contribution in [0, 0.1) is 0 Å². The van der Waals surface area contributed by atoms with Gasteiger partial charge in [-0.05, 0) is 25.1 Å². The molecule has 27 heavy (non-hydrogen) atoms. The van der Waals surface area contributed by atoms with Gasteiger partial charge in [0.1, 0.15) is 16.3 Å². The number of hydrogen-bond acceptors (Lipinski definition) is 7. The van der Waals surface area contributed by atoms with Gasteiger partial charge >= 0.3 is 5.97 Å². The second-order valence-electron chi connectivity index (χ2n) is 5.57. The summed E-state index contributed by atoms with van der Waals surface area (Å²) in [4.78, 5) is 29.6. The first kappa shape index (κ1) is 18.8. The van der Waals surface area contributed by atoms with Crippen molar-refractivity contribution in [3.05, 3.63) is 52.4 Å². The Labute approximate surface area is 159 Å². The van der Waals surface area contributed by atoms with E-state index in [2.05, 4.69) is 9.72 Å². The summed E-state index contributed by atoms with van der Waals surface area (Å²) in [6.07, 6.45) is 3.09. The van der Waals surface area contributed by atoms with Crippen molar-refractivity contribution >= 4 is 28.6 Å². The Morgan fingerprint density at radius 1 is 1.33 bits per heavy atom. The van der Waals surface area contributed by atoms with E-state index in [1.807, 2.05) is 25.1 Å². The number of pyridine rings is 2. The highest BCUT2D eigenvalue weighted by Gasteiger charge is 2.23. The molecule has 3 rings (SSSR count). The van der Waals surface area contributed by atoms with Crippen LogP contribution >= 0.6 is 11.8 Å². The van der Waals surface area contributed by atoms with Gasteiger partial charge in [-0.3, -0.25) is 4.79 Å². The Morgan fingerprint density at radius 3 is 2.70 bits per heavy atom. The van der Waals surface area contributed by atoms with Crippen molar-refractivity contribution in [2.75, 3.05) is 14.2 Å². The normalized spacial score (nSPS) is 10.8. The summed E-state index contributed by atoms with van der Waals surface area (Å²) in [5.41, 5.74) is -0.336. The molecule has 0 unspecified atom stereocenters. The number of esters is 1. The van der Waals surface area contributed by atoms with Crippen molar-refractivity contribution in [2.24, 2.45) is 0 Å². The minimum absolute atomic E-state index is 0.0157. The zero-order valence-electron chi connectivity index (χ0n) is 15.1. The maximum Gasteiger partial charge on any atom is 0.343 e. The van der Waals surface area contributed by atoms with Gasteiger partial charge < -0.3 is 19.1 Å². The molecule has 0 spiro atoms. The summed E-state index contributed by atoms with van der Waals surface area (Å²) in [6, 6.07) is 6.94. The number of nitrogens with zero attached hydrogens (tertiary/aromatic N) is 2. The molecule has 2 heterocycles. The summed E-state index contributed by atoms with van der Waals surface area (Å²) < 4.78 is 11.9. The summed E-state index contributed by atoms with van der Waals surface area (Å²) in [5, 5.41) is 11.3. The zero-order valence-corrected chi connectivity index (χ0v) is 15.9. The van der Waals surface area contributed by atoms with E-state index in [1.54, 1.807) is 10.8 Å². The zero-order chi connectivity index (χ0) is 19.6. The molecule has 7 nitrogen and oxygen atoms in total. The smallest absolute Gasteiger partial charge is 0.343 e. The second-order valence-corrected chi connectivity index (χ2v) is 6.63. The van der Waals surface area contributed by atoms with E-state index in [9.17, 15) is 14.7 Å². The van der Waals surface area contributed by atoms with E-state index in [-0.39, 0.29) is 16.7 Å². The van der Waals surface area contributed by atoms with E-state index in [0.29, 0.717) is 27.7 Å². The number of hydrogen-bond donors (Lipinski definition) is 1. The maximum absolute atomic E-state index is 12.8. The topological polar surface area (TPSA) is 90.7 Å². The van der Waals surface area contributed by atoms with Crippen molar-refractivity contribution in [1.82, 2.24) is 9.55 Å². The Balaban J connectivity index is 2.34. The molecule has 2 aromatic heterocycles. The average molecular weight is 386 g/mol. The van der Waals surface area contributed by atoms with E-state index in [4.69, 9.17) is 4.74 Å². The number of phenols is 1. The third kappa shape index (κ3) is 3.35. The molecule has 0 amide bonds. The molecule has 0 fully saturated rings. The number of aromatic hydroxyl groups is 1. The third-order valence-corrected chi connectivity index (χ3v) is 5.02. The van der Waals surface area contributed by atoms with Crippen LogP contribution in [0.2, 0.25) is 0 Å². The fourth-order valence-electron chi connectivity index (χ4n) is 2.82. The van der Waals surface area contributed by atoms with E-state index < -0.39 is 11.4 Å². The number of ether oxygens (including phenoxy) is 2. The van der Waals surface area contributed by atoms with Crippen LogP contribution in [0.3, 0.4) is 0 Å². The number of aromatic nitrogens is 2. The molecule has 1 aromatic carbocycles. The molecule has 0 aliphatic rings. The number of benzene rings is 1. The fourth-order valence-corrected chi connectivity index (χ4v) is 3.75. The van der Waals surface area contributed by atoms with Crippen LogP contribution in [-0.4, -0.2) is 34.8 Å². The average Bonchev–Trinajstić information content (AvgIpc) is 2.68. The molecule has 0 radical (unpaired) electrons. The molecule has 0 aliphatic carbocycles. The number of phenolic OH excluding ortho intramolecular Hbond substituents is 1. The Hall–Kier alpha value is -3.00. The molecular weight excluding hydrogens is 368 g/mol. The lowest BCUT2D eigenvalue weighted by Gasteiger charge is -2.17. The lowest BCUT2D eigenvalue weighted by Crippen LogP contribution is -2.20. The van der Waals surface area contributed by atoms with Crippen LogP contribution in [0.25, 0.3) is 10.9 Å². The number of aryl methyl sites for hydroxylation is 1. The van der Waals surface area contributed by atoms with Crippen LogP contribution < -0.4 is 10.2 Å². The summed E-state index contributed by atoms with van der Waals surface area (Å²) >= 11 is 1.30. The van der Waals surface area contributed by atoms with Crippen molar-refractivity contribution in [2.45, 2.75) is 23.4 Å². The van der Waals surface area contributed by atoms with E-state index >= 15 is 0 Å². The standard InChI is InChI=1S/C19H18N2O5S/c1-4-21-10-11(19(24)26-3)17(23)15-12(22)9-13(18(25-2)16(15)21)27-14-7-5-6-8-20-14/h5-10,22H,4H2,1-3H3. The molecular formula is C19H18N2O5S. The van der Waals surface area contributed by atoms with E-state index in [1.165, 1.54) is 38.2 Å². The highest BCUT2D eigenvalue weighted by molar-refractivity contribution is 7.99. The molecule has 140 valence electrons. The Morgan fingerprint density at radius 2 is 2.11 bits per heavy atom. The number of methoxy groups -OCH3 is 2. The summed E-state index contributed by atoms with van der Waals surface area (Å²) in [5.74, 6) is -0.564. The Kier molecular flexibility index (Phi) is 5.36. The predicted molar refractivity (Wildman–Crippen MR) is 102 cm³/mol. The molecule has 0 aliphatic heterocycles. The van der Waals surface area contributed by atoms with Crippen LogP contribution in [0.15, 0.2) is 51.4 Å². The van der Waals surface area contributed by atoms with Gasteiger partial charge in [0.2, 0.25) is 5.43 Å². The third-order valence-electron chi connectivity index (χ3n) is 4.05. The SMILES string of the molecule is CCn1cc(C(=O)OC)c(=O)c2c(O)cc(Sc3ccccn3)c(OC)c21. The first-order valence-electron chi connectivity index (χ1n) is 8.16. The number of rotatable bonds is 5. The van der Waals surface area contributed by atoms with Crippen molar-refractivity contribution in [3.8, 4) is 11.5 Å². The molecule has 0 saturated heterocycles. The number of carbonyl (C=O) groups is 1. The molecule has 0 bridgehead atoms. The van der Waals surface area contributed by atoms with Gasteiger partial charge in [-0.2, -0.15) is 0 Å². The Bertz CT molecular complexity index is 1060. The molecule has 0 atom stereocenters. The van der Waals surface area contributed by atoms with Gasteiger partial charge in [-0.15, -0.1) is 0 Å². The van der Waals surface area contributed by atoms with Gasteiger partial charge in [0.15, 0.2) is 5.75 Å². The maximum atomic E-state index is 12.8.